The van der Waals surface area contributed by atoms with Crippen LogP contribution >= 0.6 is 0 Å². The summed E-state index contributed by atoms with van der Waals surface area (Å²) < 4.78 is 5.36. The molecule has 0 aromatic rings. The molecule has 2 unspecified atom stereocenters. The van der Waals surface area contributed by atoms with Crippen LogP contribution in [0.1, 0.15) is 53.4 Å². The molecular weight excluding hydrogens is 218 g/mol. The van der Waals surface area contributed by atoms with Gasteiger partial charge in [-0.2, -0.15) is 0 Å². The van der Waals surface area contributed by atoms with Crippen molar-refractivity contribution in [1.29, 1.82) is 0 Å². The topological polar surface area (TPSA) is 46.6 Å². The fourth-order valence-electron chi connectivity index (χ4n) is 2.16. The van der Waals surface area contributed by atoms with Crippen LogP contribution in [-0.4, -0.2) is 35.0 Å². The first-order valence-electron chi connectivity index (χ1n) is 6.32. The Bertz CT molecular complexity index is 283. The highest BCUT2D eigenvalue weighted by Crippen LogP contribution is 2.23. The SMILES string of the molecule is CC1CCCCC(C=O)N1C(=O)OC(C)(C)C. The van der Waals surface area contributed by atoms with E-state index in [2.05, 4.69) is 0 Å². The van der Waals surface area contributed by atoms with Crippen LogP contribution in [0.2, 0.25) is 0 Å². The van der Waals surface area contributed by atoms with Gasteiger partial charge < -0.3 is 9.53 Å². The maximum atomic E-state index is 12.1. The minimum Gasteiger partial charge on any atom is -0.444 e. The Morgan fingerprint density at radius 3 is 2.41 bits per heavy atom. The van der Waals surface area contributed by atoms with Crippen LogP contribution in [0, 0.1) is 0 Å². The Labute approximate surface area is 103 Å². The Morgan fingerprint density at radius 1 is 1.29 bits per heavy atom. The molecule has 1 saturated heterocycles. The molecular formula is C13H23NO3. The Hall–Kier alpha value is -1.06. The molecule has 17 heavy (non-hydrogen) atoms. The van der Waals surface area contributed by atoms with E-state index in [0.29, 0.717) is 0 Å². The molecule has 4 nitrogen and oxygen atoms in total. The molecule has 1 aliphatic rings. The maximum absolute atomic E-state index is 12.1. The minimum absolute atomic E-state index is 0.0718. The third-order valence-corrected chi connectivity index (χ3v) is 2.97. The van der Waals surface area contributed by atoms with E-state index in [9.17, 15) is 9.59 Å². The lowest BCUT2D eigenvalue weighted by Gasteiger charge is -2.33. The zero-order valence-electron chi connectivity index (χ0n) is 11.2. The van der Waals surface area contributed by atoms with E-state index in [4.69, 9.17) is 4.74 Å². The summed E-state index contributed by atoms with van der Waals surface area (Å²) in [5.41, 5.74) is -0.517. The molecule has 1 rings (SSSR count). The average molecular weight is 241 g/mol. The van der Waals surface area contributed by atoms with Crippen molar-refractivity contribution >= 4 is 12.4 Å². The maximum Gasteiger partial charge on any atom is 0.411 e. The van der Waals surface area contributed by atoms with Gasteiger partial charge in [0.05, 0.1) is 6.04 Å². The van der Waals surface area contributed by atoms with Gasteiger partial charge in [0, 0.05) is 6.04 Å². The summed E-state index contributed by atoms with van der Waals surface area (Å²) in [6, 6.07) is -0.259. The number of rotatable bonds is 1. The van der Waals surface area contributed by atoms with Crippen LogP contribution in [0.4, 0.5) is 4.79 Å². The van der Waals surface area contributed by atoms with Crippen molar-refractivity contribution in [3.05, 3.63) is 0 Å². The van der Waals surface area contributed by atoms with Crippen molar-refractivity contribution in [2.45, 2.75) is 71.1 Å². The lowest BCUT2D eigenvalue weighted by molar-refractivity contribution is -0.113. The van der Waals surface area contributed by atoms with E-state index >= 15 is 0 Å². The van der Waals surface area contributed by atoms with Crippen LogP contribution in [0.15, 0.2) is 0 Å². The molecule has 4 heteroatoms. The summed E-state index contributed by atoms with van der Waals surface area (Å²) in [5, 5.41) is 0. The van der Waals surface area contributed by atoms with Crippen LogP contribution in [0.25, 0.3) is 0 Å². The number of likely N-dealkylation sites (tertiary alicyclic amines) is 1. The largest absolute Gasteiger partial charge is 0.444 e. The van der Waals surface area contributed by atoms with Crippen molar-refractivity contribution in [3.63, 3.8) is 0 Å². The van der Waals surface area contributed by atoms with Gasteiger partial charge in [-0.15, -0.1) is 0 Å². The molecule has 0 aromatic carbocycles. The first-order valence-corrected chi connectivity index (χ1v) is 6.32. The number of amides is 1. The molecule has 2 atom stereocenters. The number of hydrogen-bond acceptors (Lipinski definition) is 3. The molecule has 1 aliphatic heterocycles. The minimum atomic E-state index is -0.517. The van der Waals surface area contributed by atoms with Gasteiger partial charge >= 0.3 is 6.09 Å². The van der Waals surface area contributed by atoms with Crippen LogP contribution in [-0.2, 0) is 9.53 Å². The average Bonchev–Trinajstić information content (AvgIpc) is 2.36. The number of carbonyl (C=O) groups excluding carboxylic acids is 2. The van der Waals surface area contributed by atoms with E-state index in [0.717, 1.165) is 32.0 Å². The zero-order chi connectivity index (χ0) is 13.1. The molecule has 0 aromatic heterocycles. The molecule has 1 amide bonds. The number of hydrogen-bond donors (Lipinski definition) is 0. The normalized spacial score (nSPS) is 26.2. The Morgan fingerprint density at radius 2 is 1.88 bits per heavy atom. The third-order valence-electron chi connectivity index (χ3n) is 2.97. The zero-order valence-corrected chi connectivity index (χ0v) is 11.2. The highest BCUT2D eigenvalue weighted by Gasteiger charge is 2.33. The van der Waals surface area contributed by atoms with E-state index in [-0.39, 0.29) is 18.2 Å². The molecule has 1 heterocycles. The quantitative estimate of drug-likeness (QED) is 0.663. The summed E-state index contributed by atoms with van der Waals surface area (Å²) in [4.78, 5) is 24.8. The second kappa shape index (κ2) is 5.52. The second-order valence-electron chi connectivity index (χ2n) is 5.72. The van der Waals surface area contributed by atoms with E-state index in [1.807, 2.05) is 27.7 Å². The molecule has 1 fully saturated rings. The van der Waals surface area contributed by atoms with Gasteiger partial charge in [-0.3, -0.25) is 4.90 Å². The molecule has 0 saturated carbocycles. The third kappa shape index (κ3) is 4.02. The Balaban J connectivity index is 2.80. The summed E-state index contributed by atoms with van der Waals surface area (Å²) in [5.74, 6) is 0. The van der Waals surface area contributed by atoms with Crippen LogP contribution in [0.3, 0.4) is 0 Å². The van der Waals surface area contributed by atoms with Gasteiger partial charge in [-0.1, -0.05) is 12.8 Å². The van der Waals surface area contributed by atoms with E-state index < -0.39 is 5.60 Å². The first kappa shape index (κ1) is 14.0. The highest BCUT2D eigenvalue weighted by atomic mass is 16.6. The summed E-state index contributed by atoms with van der Waals surface area (Å²) >= 11 is 0. The summed E-state index contributed by atoms with van der Waals surface area (Å²) in [6.07, 6.45) is 4.23. The molecule has 0 radical (unpaired) electrons. The molecule has 0 bridgehead atoms. The number of aldehydes is 1. The highest BCUT2D eigenvalue weighted by molar-refractivity contribution is 5.74. The van der Waals surface area contributed by atoms with Gasteiger partial charge in [0.15, 0.2) is 0 Å². The van der Waals surface area contributed by atoms with Crippen molar-refractivity contribution in [3.8, 4) is 0 Å². The lowest BCUT2D eigenvalue weighted by Crippen LogP contribution is -2.48. The van der Waals surface area contributed by atoms with Crippen molar-refractivity contribution < 1.29 is 14.3 Å². The second-order valence-corrected chi connectivity index (χ2v) is 5.72. The number of nitrogens with zero attached hydrogens (tertiary/aromatic N) is 1. The Kier molecular flexibility index (Phi) is 4.54. The van der Waals surface area contributed by atoms with Gasteiger partial charge in [0.1, 0.15) is 11.9 Å². The fraction of sp³-hybridized carbons (Fsp3) is 0.846. The number of ether oxygens (including phenoxy) is 1. The monoisotopic (exact) mass is 241 g/mol. The summed E-state index contributed by atoms with van der Waals surface area (Å²) in [6.45, 7) is 7.49. The van der Waals surface area contributed by atoms with Gasteiger partial charge in [0.2, 0.25) is 0 Å². The van der Waals surface area contributed by atoms with Crippen LogP contribution in [0.5, 0.6) is 0 Å². The fourth-order valence-corrected chi connectivity index (χ4v) is 2.16. The molecule has 0 aliphatic carbocycles. The van der Waals surface area contributed by atoms with Crippen LogP contribution < -0.4 is 0 Å². The smallest absolute Gasteiger partial charge is 0.411 e. The lowest BCUT2D eigenvalue weighted by atomic mass is 10.1. The van der Waals surface area contributed by atoms with Gasteiger partial charge in [0.25, 0.3) is 0 Å². The van der Waals surface area contributed by atoms with E-state index in [1.54, 1.807) is 4.90 Å². The van der Waals surface area contributed by atoms with Crippen molar-refractivity contribution in [2.75, 3.05) is 0 Å². The predicted molar refractivity (Wildman–Crippen MR) is 65.9 cm³/mol. The predicted octanol–water partition coefficient (Wildman–Crippen LogP) is 2.75. The molecule has 0 spiro atoms. The van der Waals surface area contributed by atoms with Gasteiger partial charge in [-0.05, 0) is 40.5 Å². The molecule has 0 N–H and O–H groups in total. The van der Waals surface area contributed by atoms with Crippen molar-refractivity contribution in [2.24, 2.45) is 0 Å². The first-order chi connectivity index (χ1) is 7.85. The van der Waals surface area contributed by atoms with E-state index in [1.165, 1.54) is 0 Å². The summed E-state index contributed by atoms with van der Waals surface area (Å²) in [7, 11) is 0. The van der Waals surface area contributed by atoms with Crippen molar-refractivity contribution in [1.82, 2.24) is 4.90 Å². The van der Waals surface area contributed by atoms with Gasteiger partial charge in [-0.25, -0.2) is 4.79 Å². The standard InChI is InChI=1S/C13H23NO3/c1-10-7-5-6-8-11(9-15)14(10)12(16)17-13(2,3)4/h9-11H,5-8H2,1-4H3. The molecule has 98 valence electrons. The number of carbonyl (C=O) groups is 2.